The van der Waals surface area contributed by atoms with Gasteiger partial charge in [-0.25, -0.2) is 0 Å². The number of rotatable bonds is 7. The number of hydrogen-bond acceptors (Lipinski definition) is 3. The van der Waals surface area contributed by atoms with Crippen molar-refractivity contribution in [3.05, 3.63) is 0 Å². The Morgan fingerprint density at radius 3 is 2.69 bits per heavy atom. The summed E-state index contributed by atoms with van der Waals surface area (Å²) in [6.07, 6.45) is 6.39. The summed E-state index contributed by atoms with van der Waals surface area (Å²) >= 11 is 0. The second-order valence-corrected chi connectivity index (χ2v) is 8.53. The lowest BCUT2D eigenvalue weighted by Gasteiger charge is -2.40. The molecule has 3 nitrogen and oxygen atoms in total. The van der Waals surface area contributed by atoms with Gasteiger partial charge in [-0.2, -0.15) is 0 Å². The molecule has 1 atom stereocenters. The summed E-state index contributed by atoms with van der Waals surface area (Å²) in [4.78, 5) is 0. The lowest BCUT2D eigenvalue weighted by atomic mass is 10.0. The topological polar surface area (TPSA) is 47.3 Å². The molecule has 0 aromatic carbocycles. The number of ether oxygens (including phenoxy) is 1. The van der Waals surface area contributed by atoms with Crippen molar-refractivity contribution in [3.63, 3.8) is 0 Å². The van der Waals surface area contributed by atoms with E-state index in [-0.39, 0.29) is 0 Å². The molecule has 0 bridgehead atoms. The van der Waals surface area contributed by atoms with Crippen LogP contribution in [0.3, 0.4) is 0 Å². The standard InChI is InChI=1S/C12H28N2OSi/c1-16(2)12(6-3-4-11-15-12)7-5-9-14-10-8-13/h14,16H,3-11,13H2,1-2H3. The maximum atomic E-state index is 6.14. The molecule has 1 aliphatic rings. The Bertz CT molecular complexity index is 182. The highest BCUT2D eigenvalue weighted by atomic mass is 28.3. The Kier molecular flexibility index (Phi) is 6.57. The van der Waals surface area contributed by atoms with Crippen molar-refractivity contribution in [2.45, 2.75) is 50.4 Å². The maximum Gasteiger partial charge on any atom is 0.0695 e. The van der Waals surface area contributed by atoms with Crippen molar-refractivity contribution in [1.29, 1.82) is 0 Å². The van der Waals surface area contributed by atoms with Crippen molar-refractivity contribution >= 4 is 8.80 Å². The van der Waals surface area contributed by atoms with Gasteiger partial charge in [0.05, 0.1) is 14.0 Å². The molecular weight excluding hydrogens is 216 g/mol. The molecule has 0 aliphatic carbocycles. The monoisotopic (exact) mass is 244 g/mol. The fourth-order valence-electron chi connectivity index (χ4n) is 2.55. The van der Waals surface area contributed by atoms with E-state index >= 15 is 0 Å². The largest absolute Gasteiger partial charge is 0.379 e. The number of hydrogen-bond donors (Lipinski definition) is 2. The minimum absolute atomic E-state index is 0.294. The van der Waals surface area contributed by atoms with Crippen LogP contribution in [0.15, 0.2) is 0 Å². The van der Waals surface area contributed by atoms with Crippen molar-refractivity contribution < 1.29 is 4.74 Å². The Labute approximate surface area is 102 Å². The highest BCUT2D eigenvalue weighted by Gasteiger charge is 2.36. The van der Waals surface area contributed by atoms with Gasteiger partial charge in [-0.15, -0.1) is 0 Å². The van der Waals surface area contributed by atoms with Crippen LogP contribution in [0.4, 0.5) is 0 Å². The van der Waals surface area contributed by atoms with Gasteiger partial charge in [0.2, 0.25) is 0 Å². The van der Waals surface area contributed by atoms with E-state index in [1.54, 1.807) is 0 Å². The first kappa shape index (κ1) is 14.2. The first-order valence-electron chi connectivity index (χ1n) is 6.76. The molecule has 1 aliphatic heterocycles. The molecule has 1 fully saturated rings. The van der Waals surface area contributed by atoms with E-state index in [9.17, 15) is 0 Å². The van der Waals surface area contributed by atoms with Gasteiger partial charge in [0.25, 0.3) is 0 Å². The van der Waals surface area contributed by atoms with E-state index < -0.39 is 8.80 Å². The number of nitrogens with two attached hydrogens (primary N) is 1. The molecule has 1 unspecified atom stereocenters. The molecule has 1 rings (SSSR count). The Morgan fingerprint density at radius 1 is 1.31 bits per heavy atom. The van der Waals surface area contributed by atoms with Crippen LogP contribution >= 0.6 is 0 Å². The minimum Gasteiger partial charge on any atom is -0.379 e. The predicted molar refractivity (Wildman–Crippen MR) is 72.6 cm³/mol. The molecule has 16 heavy (non-hydrogen) atoms. The number of nitrogens with one attached hydrogen (secondary N) is 1. The molecule has 0 amide bonds. The Balaban J connectivity index is 2.27. The van der Waals surface area contributed by atoms with E-state index in [1.807, 2.05) is 0 Å². The molecule has 1 heterocycles. The molecule has 3 N–H and O–H groups in total. The zero-order valence-electron chi connectivity index (χ0n) is 10.9. The highest BCUT2D eigenvalue weighted by molar-refractivity contribution is 6.59. The van der Waals surface area contributed by atoms with E-state index in [0.29, 0.717) is 5.22 Å². The maximum absolute atomic E-state index is 6.14. The van der Waals surface area contributed by atoms with Crippen LogP contribution in [0.25, 0.3) is 0 Å². The van der Waals surface area contributed by atoms with Crippen LogP contribution in [0.5, 0.6) is 0 Å². The molecule has 1 saturated heterocycles. The average molecular weight is 244 g/mol. The third-order valence-corrected chi connectivity index (χ3v) is 6.56. The van der Waals surface area contributed by atoms with Gasteiger partial charge in [0.15, 0.2) is 0 Å². The third-order valence-electron chi connectivity index (χ3n) is 3.71. The zero-order chi connectivity index (χ0) is 11.9. The van der Waals surface area contributed by atoms with E-state index in [4.69, 9.17) is 10.5 Å². The molecular formula is C12H28N2OSi. The smallest absolute Gasteiger partial charge is 0.0695 e. The summed E-state index contributed by atoms with van der Waals surface area (Å²) in [6, 6.07) is 0. The summed E-state index contributed by atoms with van der Waals surface area (Å²) in [5, 5.41) is 3.66. The molecule has 96 valence electrons. The molecule has 4 heteroatoms. The second-order valence-electron chi connectivity index (χ2n) is 5.17. The van der Waals surface area contributed by atoms with E-state index in [1.165, 1.54) is 32.1 Å². The quantitative estimate of drug-likeness (QED) is 0.524. The molecule has 0 spiro atoms. The minimum atomic E-state index is -0.721. The van der Waals surface area contributed by atoms with Crippen molar-refractivity contribution in [2.75, 3.05) is 26.2 Å². The van der Waals surface area contributed by atoms with Crippen molar-refractivity contribution in [3.8, 4) is 0 Å². The van der Waals surface area contributed by atoms with Crippen LogP contribution in [0.1, 0.15) is 32.1 Å². The molecule has 0 aromatic rings. The SMILES string of the molecule is C[SiH](C)C1(CCCNCCN)CCCCO1. The second kappa shape index (κ2) is 7.43. The van der Waals surface area contributed by atoms with Crippen LogP contribution in [-0.2, 0) is 4.74 Å². The first-order chi connectivity index (χ1) is 7.71. The van der Waals surface area contributed by atoms with Crippen molar-refractivity contribution in [2.24, 2.45) is 5.73 Å². The molecule has 0 aromatic heterocycles. The highest BCUT2D eigenvalue weighted by Crippen LogP contribution is 2.31. The normalized spacial score (nSPS) is 26.2. The lowest BCUT2D eigenvalue weighted by Crippen LogP contribution is -2.47. The fourth-order valence-corrected chi connectivity index (χ4v) is 4.57. The summed E-state index contributed by atoms with van der Waals surface area (Å²) in [6.45, 7) is 8.61. The van der Waals surface area contributed by atoms with Crippen LogP contribution in [0, 0.1) is 0 Å². The van der Waals surface area contributed by atoms with Gasteiger partial charge in [-0.3, -0.25) is 0 Å². The summed E-state index contributed by atoms with van der Waals surface area (Å²) in [7, 11) is -0.721. The summed E-state index contributed by atoms with van der Waals surface area (Å²) in [5.74, 6) is 0. The predicted octanol–water partition coefficient (Wildman–Crippen LogP) is 1.28. The molecule has 0 radical (unpaired) electrons. The Morgan fingerprint density at radius 2 is 2.12 bits per heavy atom. The molecule has 0 saturated carbocycles. The average Bonchev–Trinajstić information content (AvgIpc) is 2.30. The van der Waals surface area contributed by atoms with Gasteiger partial charge >= 0.3 is 0 Å². The summed E-state index contributed by atoms with van der Waals surface area (Å²) in [5.41, 5.74) is 5.45. The van der Waals surface area contributed by atoms with Crippen molar-refractivity contribution in [1.82, 2.24) is 5.32 Å². The van der Waals surface area contributed by atoms with E-state index in [2.05, 4.69) is 18.4 Å². The van der Waals surface area contributed by atoms with Gasteiger partial charge < -0.3 is 15.8 Å². The van der Waals surface area contributed by atoms with Gasteiger partial charge in [-0.1, -0.05) is 13.1 Å². The van der Waals surface area contributed by atoms with Gasteiger partial charge in [0.1, 0.15) is 0 Å². The third kappa shape index (κ3) is 4.16. The van der Waals surface area contributed by atoms with Gasteiger partial charge in [0, 0.05) is 19.7 Å². The van der Waals surface area contributed by atoms with Crippen LogP contribution in [0.2, 0.25) is 13.1 Å². The zero-order valence-corrected chi connectivity index (χ0v) is 12.1. The Hall–Kier alpha value is 0.0969. The first-order valence-corrected chi connectivity index (χ1v) is 9.65. The van der Waals surface area contributed by atoms with Gasteiger partial charge in [-0.05, 0) is 38.6 Å². The summed E-state index contributed by atoms with van der Waals surface area (Å²) < 4.78 is 6.14. The lowest BCUT2D eigenvalue weighted by molar-refractivity contribution is -0.0287. The fraction of sp³-hybridized carbons (Fsp3) is 1.00. The van der Waals surface area contributed by atoms with Crippen LogP contribution in [-0.4, -0.2) is 40.3 Å². The van der Waals surface area contributed by atoms with Crippen LogP contribution < -0.4 is 11.1 Å². The van der Waals surface area contributed by atoms with E-state index in [0.717, 1.165) is 26.2 Å².